The summed E-state index contributed by atoms with van der Waals surface area (Å²) in [4.78, 5) is 12.9. The molecule has 10 heteroatoms. The number of sulfonamides is 1. The Bertz CT molecular complexity index is 1130. The number of rotatable bonds is 6. The van der Waals surface area contributed by atoms with Crippen molar-refractivity contribution in [2.24, 2.45) is 10.2 Å². The maximum Gasteiger partial charge on any atom is 0.280 e. The van der Waals surface area contributed by atoms with Crippen LogP contribution in [0.15, 0.2) is 52.0 Å². The Kier molecular flexibility index (Phi) is 5.81. The van der Waals surface area contributed by atoms with Gasteiger partial charge in [-0.3, -0.25) is 4.79 Å². The van der Waals surface area contributed by atoms with Crippen LogP contribution < -0.4 is 24.4 Å². The lowest BCUT2D eigenvalue weighted by Crippen LogP contribution is -2.21. The number of hydrogen-bond donors (Lipinski definition) is 1. The molecule has 30 heavy (non-hydrogen) atoms. The maximum atomic E-state index is 12.9. The van der Waals surface area contributed by atoms with Gasteiger partial charge in [-0.2, -0.15) is 10.1 Å². The van der Waals surface area contributed by atoms with E-state index in [2.05, 4.69) is 5.10 Å². The number of ether oxygens (including phenoxy) is 3. The average molecular weight is 431 g/mol. The Hall–Kier alpha value is -3.37. The third-order valence-corrected chi connectivity index (χ3v) is 5.40. The van der Waals surface area contributed by atoms with E-state index in [0.717, 1.165) is 0 Å². The fourth-order valence-electron chi connectivity index (χ4n) is 2.99. The summed E-state index contributed by atoms with van der Waals surface area (Å²) in [6, 6.07) is 9.03. The first-order valence-electron chi connectivity index (χ1n) is 8.74. The van der Waals surface area contributed by atoms with Gasteiger partial charge in [0, 0.05) is 0 Å². The van der Waals surface area contributed by atoms with Gasteiger partial charge in [-0.1, -0.05) is 0 Å². The monoisotopic (exact) mass is 431 g/mol. The Balaban J connectivity index is 1.97. The largest absolute Gasteiger partial charge is 0.493 e. The summed E-state index contributed by atoms with van der Waals surface area (Å²) in [6.45, 7) is 1.71. The van der Waals surface area contributed by atoms with Gasteiger partial charge in [0.05, 0.1) is 43.2 Å². The molecule has 0 bridgehead atoms. The van der Waals surface area contributed by atoms with E-state index in [1.807, 2.05) is 0 Å². The molecule has 0 fully saturated rings. The van der Waals surface area contributed by atoms with Gasteiger partial charge in [-0.05, 0) is 55.0 Å². The molecule has 0 atom stereocenters. The van der Waals surface area contributed by atoms with Crippen molar-refractivity contribution in [3.05, 3.63) is 47.5 Å². The Morgan fingerprint density at radius 1 is 1.00 bits per heavy atom. The summed E-state index contributed by atoms with van der Waals surface area (Å²) in [5.41, 5.74) is 1.96. The summed E-state index contributed by atoms with van der Waals surface area (Å²) in [7, 11) is 0.703. The molecule has 0 unspecified atom stereocenters. The molecular weight excluding hydrogens is 410 g/mol. The quantitative estimate of drug-likeness (QED) is 0.700. The van der Waals surface area contributed by atoms with Crippen LogP contribution in [0.25, 0.3) is 6.08 Å². The van der Waals surface area contributed by atoms with Crippen LogP contribution in [0.5, 0.6) is 17.2 Å². The van der Waals surface area contributed by atoms with Crippen molar-refractivity contribution in [1.82, 2.24) is 0 Å². The molecule has 1 heterocycles. The maximum absolute atomic E-state index is 12.9. The van der Waals surface area contributed by atoms with Gasteiger partial charge in [0.1, 0.15) is 0 Å². The molecule has 3 rings (SSSR count). The molecule has 2 aromatic rings. The fraction of sp³-hybridized carbons (Fsp3) is 0.200. The number of carbonyl (C=O) groups excluding carboxylic acids is 1. The molecule has 0 aromatic heterocycles. The lowest BCUT2D eigenvalue weighted by molar-refractivity contribution is -0.114. The zero-order valence-electron chi connectivity index (χ0n) is 16.9. The van der Waals surface area contributed by atoms with E-state index in [1.165, 1.54) is 50.6 Å². The molecule has 158 valence electrons. The molecule has 0 radical (unpaired) electrons. The SMILES string of the molecule is COc1cc(/C=C2\C(=O)N(c3ccc(S(N)(=O)=O)cc3)N=C2C)cc(OC)c1OC. The molecule has 2 aromatic carbocycles. The summed E-state index contributed by atoms with van der Waals surface area (Å²) in [5, 5.41) is 10.6. The van der Waals surface area contributed by atoms with Crippen LogP contribution >= 0.6 is 0 Å². The Morgan fingerprint density at radius 3 is 2.03 bits per heavy atom. The highest BCUT2D eigenvalue weighted by atomic mass is 32.2. The van der Waals surface area contributed by atoms with Gasteiger partial charge in [-0.15, -0.1) is 0 Å². The first kappa shape index (κ1) is 21.3. The number of nitrogens with zero attached hydrogens (tertiary/aromatic N) is 2. The van der Waals surface area contributed by atoms with Crippen molar-refractivity contribution in [3.63, 3.8) is 0 Å². The van der Waals surface area contributed by atoms with Crippen LogP contribution in [0.3, 0.4) is 0 Å². The number of hydrogen-bond acceptors (Lipinski definition) is 7. The summed E-state index contributed by atoms with van der Waals surface area (Å²) in [5.74, 6) is 1.00. The minimum absolute atomic E-state index is 0.0493. The van der Waals surface area contributed by atoms with E-state index in [1.54, 1.807) is 25.1 Å². The first-order chi connectivity index (χ1) is 14.2. The molecule has 2 N–H and O–H groups in total. The number of hydrazone groups is 1. The molecule has 1 aliphatic rings. The van der Waals surface area contributed by atoms with E-state index in [9.17, 15) is 13.2 Å². The standard InChI is InChI=1S/C20H21N3O6S/c1-12-16(9-13-10-17(27-2)19(29-4)18(11-13)28-3)20(24)23(22-12)14-5-7-15(8-6-14)30(21,25)26/h5-11H,1-4H3,(H2,21,25,26)/b16-9-. The number of amides is 1. The molecule has 0 saturated carbocycles. The van der Waals surface area contributed by atoms with E-state index < -0.39 is 10.0 Å². The highest BCUT2D eigenvalue weighted by Crippen LogP contribution is 2.39. The molecule has 9 nitrogen and oxygen atoms in total. The number of nitrogens with two attached hydrogens (primary N) is 1. The summed E-state index contributed by atoms with van der Waals surface area (Å²) < 4.78 is 38.8. The smallest absolute Gasteiger partial charge is 0.280 e. The normalized spacial score (nSPS) is 15.4. The van der Waals surface area contributed by atoms with Gasteiger partial charge >= 0.3 is 0 Å². The lowest BCUT2D eigenvalue weighted by atomic mass is 10.1. The van der Waals surface area contributed by atoms with Gasteiger partial charge in [0.15, 0.2) is 11.5 Å². The van der Waals surface area contributed by atoms with Crippen molar-refractivity contribution in [3.8, 4) is 17.2 Å². The van der Waals surface area contributed by atoms with Crippen LogP contribution in [0.2, 0.25) is 0 Å². The molecule has 0 spiro atoms. The van der Waals surface area contributed by atoms with Crippen LogP contribution in [-0.2, 0) is 14.8 Å². The Morgan fingerprint density at radius 2 is 1.57 bits per heavy atom. The minimum atomic E-state index is -3.82. The third kappa shape index (κ3) is 4.00. The molecular formula is C20H21N3O6S. The van der Waals surface area contributed by atoms with Crippen LogP contribution in [-0.4, -0.2) is 41.4 Å². The van der Waals surface area contributed by atoms with E-state index >= 15 is 0 Å². The zero-order valence-corrected chi connectivity index (χ0v) is 17.7. The van der Waals surface area contributed by atoms with Crippen molar-refractivity contribution < 1.29 is 27.4 Å². The topological polar surface area (TPSA) is 121 Å². The molecule has 0 aliphatic carbocycles. The highest BCUT2D eigenvalue weighted by Gasteiger charge is 2.29. The second kappa shape index (κ2) is 8.17. The molecule has 1 amide bonds. The second-order valence-corrected chi connectivity index (χ2v) is 7.92. The predicted molar refractivity (Wildman–Crippen MR) is 112 cm³/mol. The van der Waals surface area contributed by atoms with Crippen molar-refractivity contribution in [1.29, 1.82) is 0 Å². The summed E-state index contributed by atoms with van der Waals surface area (Å²) >= 11 is 0. The fourth-order valence-corrected chi connectivity index (χ4v) is 3.50. The van der Waals surface area contributed by atoms with Gasteiger partial charge in [-0.25, -0.2) is 13.6 Å². The average Bonchev–Trinajstić information content (AvgIpc) is 3.00. The van der Waals surface area contributed by atoms with Crippen molar-refractivity contribution in [2.75, 3.05) is 26.3 Å². The van der Waals surface area contributed by atoms with Crippen molar-refractivity contribution >= 4 is 33.4 Å². The van der Waals surface area contributed by atoms with Crippen molar-refractivity contribution in [2.45, 2.75) is 11.8 Å². The third-order valence-electron chi connectivity index (χ3n) is 4.47. The first-order valence-corrected chi connectivity index (χ1v) is 10.3. The number of anilines is 1. The Labute approximate surface area is 174 Å². The minimum Gasteiger partial charge on any atom is -0.493 e. The van der Waals surface area contributed by atoms with E-state index in [-0.39, 0.29) is 10.8 Å². The van der Waals surface area contributed by atoms with Gasteiger partial charge < -0.3 is 14.2 Å². The van der Waals surface area contributed by atoms with Crippen LogP contribution in [0, 0.1) is 0 Å². The van der Waals surface area contributed by atoms with E-state index in [4.69, 9.17) is 19.3 Å². The highest BCUT2D eigenvalue weighted by molar-refractivity contribution is 7.89. The predicted octanol–water partition coefficient (Wildman–Crippen LogP) is 2.17. The van der Waals surface area contributed by atoms with Crippen LogP contribution in [0.4, 0.5) is 5.69 Å². The van der Waals surface area contributed by atoms with Crippen LogP contribution in [0.1, 0.15) is 12.5 Å². The molecule has 0 saturated heterocycles. The molecule has 1 aliphatic heterocycles. The van der Waals surface area contributed by atoms with Gasteiger partial charge in [0.25, 0.3) is 5.91 Å². The number of benzene rings is 2. The number of methoxy groups -OCH3 is 3. The summed E-state index contributed by atoms with van der Waals surface area (Å²) in [6.07, 6.45) is 1.67. The number of carbonyl (C=O) groups is 1. The number of primary sulfonamides is 1. The van der Waals surface area contributed by atoms with Gasteiger partial charge in [0.2, 0.25) is 15.8 Å². The zero-order chi connectivity index (χ0) is 22.1. The second-order valence-electron chi connectivity index (χ2n) is 6.36. The van der Waals surface area contributed by atoms with E-state index in [0.29, 0.717) is 39.8 Å². The lowest BCUT2D eigenvalue weighted by Gasteiger charge is -2.13.